The Hall–Kier alpha value is 1.02. The molecule has 0 aromatic carbocycles. The van der Waals surface area contributed by atoms with Gasteiger partial charge in [0.05, 0.1) is 0 Å². The maximum absolute atomic E-state index is 5.25. The summed E-state index contributed by atoms with van der Waals surface area (Å²) in [6, 6.07) is 0. The standard InChI is InChI=1S/2C3H7O.Y/c2*1-2-3-4;/h2*2-3H2,1H3;/q2*-1;+2. The summed E-state index contributed by atoms with van der Waals surface area (Å²) in [4.78, 5) is 0. The van der Waals surface area contributed by atoms with E-state index >= 15 is 0 Å². The zero-order valence-electron chi connectivity index (χ0n) is 6.22. The van der Waals surface area contributed by atoms with Gasteiger partial charge in [0.1, 0.15) is 0 Å². The minimum atomic E-state index is -1.00. The first-order chi connectivity index (χ1) is 4.41. The molecule has 9 heavy (non-hydrogen) atoms. The summed E-state index contributed by atoms with van der Waals surface area (Å²) >= 11 is -1.00. The van der Waals surface area contributed by atoms with Crippen LogP contribution in [0.1, 0.15) is 26.7 Å². The SMILES string of the molecule is CCC[O][Y][O]CCC. The van der Waals surface area contributed by atoms with E-state index in [1.807, 2.05) is 0 Å². The third-order valence-electron chi connectivity index (χ3n) is 0.780. The van der Waals surface area contributed by atoms with Crippen molar-refractivity contribution < 1.29 is 34.3 Å². The maximum atomic E-state index is 5.25. The summed E-state index contributed by atoms with van der Waals surface area (Å²) in [5.74, 6) is 0. The number of hydrogen-bond acceptors (Lipinski definition) is 2. The van der Waals surface area contributed by atoms with Crippen LogP contribution in [0.2, 0.25) is 0 Å². The fraction of sp³-hybridized carbons (Fsp3) is 1.00. The van der Waals surface area contributed by atoms with Crippen molar-refractivity contribution in [2.45, 2.75) is 26.7 Å². The van der Waals surface area contributed by atoms with Crippen LogP contribution in [0.3, 0.4) is 0 Å². The molecule has 3 heteroatoms. The van der Waals surface area contributed by atoms with Crippen LogP contribution >= 0.6 is 0 Å². The zero-order valence-corrected chi connectivity index (χ0v) is 9.06. The van der Waals surface area contributed by atoms with Gasteiger partial charge >= 0.3 is 74.2 Å². The van der Waals surface area contributed by atoms with Crippen molar-refractivity contribution in [3.05, 3.63) is 0 Å². The first-order valence-corrected chi connectivity index (χ1v) is 5.78. The fourth-order valence-corrected chi connectivity index (χ4v) is 2.25. The van der Waals surface area contributed by atoms with Crippen LogP contribution in [0.5, 0.6) is 0 Å². The molecule has 0 aliphatic heterocycles. The van der Waals surface area contributed by atoms with Crippen LogP contribution < -0.4 is 0 Å². The number of rotatable bonds is 6. The van der Waals surface area contributed by atoms with E-state index < -0.39 is 30.2 Å². The van der Waals surface area contributed by atoms with Gasteiger partial charge < -0.3 is 0 Å². The van der Waals surface area contributed by atoms with E-state index in [-0.39, 0.29) is 0 Å². The van der Waals surface area contributed by atoms with E-state index in [0.717, 1.165) is 26.1 Å². The molecule has 0 atom stereocenters. The van der Waals surface area contributed by atoms with E-state index in [1.165, 1.54) is 0 Å². The van der Waals surface area contributed by atoms with Crippen molar-refractivity contribution in [1.82, 2.24) is 0 Å². The Morgan fingerprint density at radius 2 is 1.44 bits per heavy atom. The van der Waals surface area contributed by atoms with Crippen LogP contribution in [0.15, 0.2) is 0 Å². The summed E-state index contributed by atoms with van der Waals surface area (Å²) in [5, 5.41) is 0. The van der Waals surface area contributed by atoms with Crippen molar-refractivity contribution in [3.8, 4) is 0 Å². The van der Waals surface area contributed by atoms with Gasteiger partial charge in [-0.1, -0.05) is 0 Å². The van der Waals surface area contributed by atoms with Crippen LogP contribution in [0, 0.1) is 0 Å². The molecule has 0 heterocycles. The molecule has 0 unspecified atom stereocenters. The summed E-state index contributed by atoms with van der Waals surface area (Å²) < 4.78 is 10.5. The first-order valence-electron chi connectivity index (χ1n) is 3.46. The molecule has 0 saturated carbocycles. The molecule has 0 amide bonds. The Morgan fingerprint density at radius 1 is 1.00 bits per heavy atom. The molecule has 0 aromatic rings. The van der Waals surface area contributed by atoms with Crippen LogP contribution in [0.4, 0.5) is 0 Å². The summed E-state index contributed by atoms with van der Waals surface area (Å²) in [6.45, 7) is 6.01. The first kappa shape index (κ1) is 10.0. The molecule has 0 aliphatic carbocycles. The van der Waals surface area contributed by atoms with E-state index in [9.17, 15) is 0 Å². The Morgan fingerprint density at radius 3 is 1.78 bits per heavy atom. The Balaban J connectivity index is 2.60. The quantitative estimate of drug-likeness (QED) is 0.617. The van der Waals surface area contributed by atoms with Crippen molar-refractivity contribution in [1.29, 1.82) is 0 Å². The predicted molar refractivity (Wildman–Crippen MR) is 32.5 cm³/mol. The van der Waals surface area contributed by atoms with Crippen LogP contribution in [0.25, 0.3) is 0 Å². The van der Waals surface area contributed by atoms with Crippen molar-refractivity contribution >= 4 is 0 Å². The second-order valence-electron chi connectivity index (χ2n) is 1.84. The third kappa shape index (κ3) is 9.02. The van der Waals surface area contributed by atoms with E-state index in [4.69, 9.17) is 4.10 Å². The molecule has 0 aliphatic rings. The molecule has 0 N–H and O–H groups in total. The number of hydrogen-bond donors (Lipinski definition) is 0. The second kappa shape index (κ2) is 9.02. The molecule has 2 nitrogen and oxygen atoms in total. The van der Waals surface area contributed by atoms with Gasteiger partial charge in [-0.15, -0.1) is 0 Å². The molecule has 0 radical (unpaired) electrons. The van der Waals surface area contributed by atoms with Gasteiger partial charge in [0.25, 0.3) is 0 Å². The van der Waals surface area contributed by atoms with Gasteiger partial charge in [0.2, 0.25) is 0 Å². The summed E-state index contributed by atoms with van der Waals surface area (Å²) in [6.07, 6.45) is 2.22. The third-order valence-corrected chi connectivity index (χ3v) is 2.61. The van der Waals surface area contributed by atoms with Gasteiger partial charge in [0.15, 0.2) is 0 Å². The van der Waals surface area contributed by atoms with Crippen LogP contribution in [-0.4, -0.2) is 13.2 Å². The molecule has 0 saturated heterocycles. The van der Waals surface area contributed by atoms with Gasteiger partial charge in [-0.2, -0.15) is 0 Å². The van der Waals surface area contributed by atoms with Gasteiger partial charge in [-0.05, 0) is 0 Å². The van der Waals surface area contributed by atoms with Crippen LogP contribution in [-0.2, 0) is 34.3 Å². The molecule has 0 spiro atoms. The fourth-order valence-electron chi connectivity index (χ4n) is 0.380. The molecule has 0 rings (SSSR count). The van der Waals surface area contributed by atoms with Crippen molar-refractivity contribution in [2.75, 3.05) is 13.2 Å². The monoisotopic (exact) mass is 207 g/mol. The molecular formula is C6H14O2Y. The van der Waals surface area contributed by atoms with E-state index in [2.05, 4.69) is 13.8 Å². The van der Waals surface area contributed by atoms with E-state index in [0.29, 0.717) is 0 Å². The Labute approximate surface area is 73.9 Å². The molecule has 0 aromatic heterocycles. The zero-order chi connectivity index (χ0) is 6.95. The van der Waals surface area contributed by atoms with Crippen molar-refractivity contribution in [2.24, 2.45) is 0 Å². The summed E-state index contributed by atoms with van der Waals surface area (Å²) in [7, 11) is 0. The average molecular weight is 207 g/mol. The van der Waals surface area contributed by atoms with Crippen molar-refractivity contribution in [3.63, 3.8) is 0 Å². The topological polar surface area (TPSA) is 18.5 Å². The van der Waals surface area contributed by atoms with Gasteiger partial charge in [0, 0.05) is 0 Å². The predicted octanol–water partition coefficient (Wildman–Crippen LogP) is 1.75. The Bertz CT molecular complexity index is 44.3. The molecule has 53 valence electrons. The molecule has 0 fully saturated rings. The Kier molecular flexibility index (Phi) is 10.1. The molecule has 0 bridgehead atoms. The average Bonchev–Trinajstić information content (AvgIpc) is 1.89. The summed E-state index contributed by atoms with van der Waals surface area (Å²) in [5.41, 5.74) is 0. The second-order valence-corrected chi connectivity index (χ2v) is 3.95. The van der Waals surface area contributed by atoms with Gasteiger partial charge in [-0.25, -0.2) is 0 Å². The minimum absolute atomic E-state index is 0.894. The normalized spacial score (nSPS) is 9.11. The van der Waals surface area contributed by atoms with Gasteiger partial charge in [-0.3, -0.25) is 0 Å². The molecular weight excluding hydrogens is 193 g/mol. The van der Waals surface area contributed by atoms with E-state index in [1.54, 1.807) is 0 Å².